The Kier molecular flexibility index (Phi) is 5.57. The Morgan fingerprint density at radius 2 is 1.32 bits per heavy atom. The molecule has 0 aliphatic rings. The van der Waals surface area contributed by atoms with Gasteiger partial charge in [-0.1, -0.05) is 74.5 Å². The van der Waals surface area contributed by atoms with Crippen LogP contribution >= 0.6 is 7.92 Å². The Balaban J connectivity index is 2.14. The molecule has 0 radical (unpaired) electrons. The first kappa shape index (κ1) is 14.2. The molecule has 0 aliphatic carbocycles. The van der Waals surface area contributed by atoms with Gasteiger partial charge in [0, 0.05) is 6.04 Å². The van der Waals surface area contributed by atoms with E-state index in [4.69, 9.17) is 0 Å². The zero-order chi connectivity index (χ0) is 13.5. The van der Waals surface area contributed by atoms with Crippen molar-refractivity contribution in [1.82, 2.24) is 5.32 Å². The lowest BCUT2D eigenvalue weighted by molar-refractivity contribution is 0.615. The quantitative estimate of drug-likeness (QED) is 0.796. The first-order chi connectivity index (χ1) is 9.27. The summed E-state index contributed by atoms with van der Waals surface area (Å²) in [5, 5.41) is 6.47. The third kappa shape index (κ3) is 4.45. The van der Waals surface area contributed by atoms with E-state index >= 15 is 0 Å². The molecular weight excluding hydrogens is 249 g/mol. The molecule has 100 valence electrons. The highest BCUT2D eigenvalue weighted by atomic mass is 31.1. The van der Waals surface area contributed by atoms with Crippen LogP contribution in [0.2, 0.25) is 0 Å². The van der Waals surface area contributed by atoms with E-state index in [0.717, 1.165) is 6.54 Å². The molecule has 0 spiro atoms. The second-order valence-electron chi connectivity index (χ2n) is 4.93. The molecule has 0 atom stereocenters. The number of benzene rings is 2. The predicted molar refractivity (Wildman–Crippen MR) is 87.1 cm³/mol. The van der Waals surface area contributed by atoms with Crippen molar-refractivity contribution in [2.24, 2.45) is 0 Å². The van der Waals surface area contributed by atoms with Gasteiger partial charge in [-0.3, -0.25) is 0 Å². The van der Waals surface area contributed by atoms with Gasteiger partial charge >= 0.3 is 0 Å². The third-order valence-electron chi connectivity index (χ3n) is 3.02. The van der Waals surface area contributed by atoms with Crippen molar-refractivity contribution in [2.75, 3.05) is 12.7 Å². The SMILES string of the molecule is CC(C)NCCP(c1ccccc1)c1ccccc1. The Bertz CT molecular complexity index is 428. The summed E-state index contributed by atoms with van der Waals surface area (Å²) in [6.07, 6.45) is 1.20. The number of hydrogen-bond donors (Lipinski definition) is 1. The van der Waals surface area contributed by atoms with Gasteiger partial charge < -0.3 is 5.32 Å². The molecule has 0 bridgehead atoms. The van der Waals surface area contributed by atoms with Crippen LogP contribution in [0, 0.1) is 0 Å². The van der Waals surface area contributed by atoms with E-state index in [2.05, 4.69) is 79.8 Å². The maximum Gasteiger partial charge on any atom is 0.00105 e. The molecule has 0 aliphatic heterocycles. The lowest BCUT2D eigenvalue weighted by Gasteiger charge is -2.19. The molecule has 19 heavy (non-hydrogen) atoms. The molecule has 2 rings (SSSR count). The Labute approximate surface area is 117 Å². The lowest BCUT2D eigenvalue weighted by atomic mass is 10.4. The fourth-order valence-corrected chi connectivity index (χ4v) is 4.32. The van der Waals surface area contributed by atoms with Crippen LogP contribution in [-0.2, 0) is 0 Å². The average Bonchev–Trinajstić information content (AvgIpc) is 2.45. The summed E-state index contributed by atoms with van der Waals surface area (Å²) in [5.41, 5.74) is 0. The molecule has 1 N–H and O–H groups in total. The highest BCUT2D eigenvalue weighted by molar-refractivity contribution is 7.73. The molecule has 2 aromatic carbocycles. The molecule has 0 unspecified atom stereocenters. The molecule has 0 saturated carbocycles. The fourth-order valence-electron chi connectivity index (χ4n) is 2.09. The van der Waals surface area contributed by atoms with E-state index in [1.807, 2.05) is 0 Å². The Morgan fingerprint density at radius 3 is 1.74 bits per heavy atom. The lowest BCUT2D eigenvalue weighted by Crippen LogP contribution is -2.28. The van der Waals surface area contributed by atoms with Gasteiger partial charge in [0.15, 0.2) is 0 Å². The van der Waals surface area contributed by atoms with Gasteiger partial charge in [0.25, 0.3) is 0 Å². The second-order valence-corrected chi connectivity index (χ2v) is 7.27. The topological polar surface area (TPSA) is 12.0 Å². The Hall–Kier alpha value is -1.17. The molecule has 0 heterocycles. The van der Waals surface area contributed by atoms with Gasteiger partial charge in [-0.2, -0.15) is 0 Å². The van der Waals surface area contributed by atoms with Crippen molar-refractivity contribution in [3.63, 3.8) is 0 Å². The van der Waals surface area contributed by atoms with Crippen LogP contribution < -0.4 is 15.9 Å². The summed E-state index contributed by atoms with van der Waals surface area (Å²) >= 11 is 0. The molecule has 0 saturated heterocycles. The van der Waals surface area contributed by atoms with Crippen molar-refractivity contribution < 1.29 is 0 Å². The molecular formula is C17H22NP. The second kappa shape index (κ2) is 7.43. The zero-order valence-corrected chi connectivity index (χ0v) is 12.6. The van der Waals surface area contributed by atoms with E-state index in [-0.39, 0.29) is 7.92 Å². The van der Waals surface area contributed by atoms with Crippen molar-refractivity contribution >= 4 is 18.5 Å². The summed E-state index contributed by atoms with van der Waals surface area (Å²) in [6, 6.07) is 22.3. The van der Waals surface area contributed by atoms with Crippen LogP contribution in [0.5, 0.6) is 0 Å². The molecule has 0 fully saturated rings. The van der Waals surface area contributed by atoms with Gasteiger partial charge in [-0.25, -0.2) is 0 Å². The smallest absolute Gasteiger partial charge is 0.00105 e. The van der Waals surface area contributed by atoms with E-state index in [0.29, 0.717) is 6.04 Å². The number of nitrogens with one attached hydrogen (secondary N) is 1. The summed E-state index contributed by atoms with van der Waals surface area (Å²) in [4.78, 5) is 0. The van der Waals surface area contributed by atoms with Crippen LogP contribution in [0.4, 0.5) is 0 Å². The summed E-state index contributed by atoms with van der Waals surface area (Å²) in [7, 11) is -0.244. The predicted octanol–water partition coefficient (Wildman–Crippen LogP) is 3.12. The van der Waals surface area contributed by atoms with Crippen molar-refractivity contribution in [3.05, 3.63) is 60.7 Å². The van der Waals surface area contributed by atoms with Gasteiger partial charge in [0.1, 0.15) is 0 Å². The number of rotatable bonds is 6. The largest absolute Gasteiger partial charge is 0.314 e. The van der Waals surface area contributed by atoms with Crippen LogP contribution in [0.1, 0.15) is 13.8 Å². The van der Waals surface area contributed by atoms with Crippen molar-refractivity contribution in [1.29, 1.82) is 0 Å². The highest BCUT2D eigenvalue weighted by Crippen LogP contribution is 2.32. The Morgan fingerprint density at radius 1 is 0.842 bits per heavy atom. The van der Waals surface area contributed by atoms with Crippen LogP contribution in [0.25, 0.3) is 0 Å². The van der Waals surface area contributed by atoms with E-state index < -0.39 is 0 Å². The standard InChI is InChI=1S/C17H22NP/c1-15(2)18-13-14-19(16-9-5-3-6-10-16)17-11-7-4-8-12-17/h3-12,15,18H,13-14H2,1-2H3. The van der Waals surface area contributed by atoms with Crippen molar-refractivity contribution in [3.8, 4) is 0 Å². The minimum absolute atomic E-state index is 0.244. The average molecular weight is 271 g/mol. The first-order valence-corrected chi connectivity index (χ1v) is 8.41. The highest BCUT2D eigenvalue weighted by Gasteiger charge is 2.12. The molecule has 1 nitrogen and oxygen atoms in total. The zero-order valence-electron chi connectivity index (χ0n) is 11.7. The van der Waals surface area contributed by atoms with Crippen LogP contribution in [0.3, 0.4) is 0 Å². The van der Waals surface area contributed by atoms with Crippen LogP contribution in [-0.4, -0.2) is 18.7 Å². The molecule has 2 aromatic rings. The minimum Gasteiger partial charge on any atom is -0.314 e. The maximum atomic E-state index is 3.53. The summed E-state index contributed by atoms with van der Waals surface area (Å²) in [6.45, 7) is 5.48. The van der Waals surface area contributed by atoms with Crippen LogP contribution in [0.15, 0.2) is 60.7 Å². The minimum atomic E-state index is -0.244. The normalized spacial score (nSPS) is 11.2. The van der Waals surface area contributed by atoms with Gasteiger partial charge in [-0.05, 0) is 31.2 Å². The molecule has 2 heteroatoms. The third-order valence-corrected chi connectivity index (χ3v) is 5.54. The number of hydrogen-bond acceptors (Lipinski definition) is 1. The monoisotopic (exact) mass is 271 g/mol. The van der Waals surface area contributed by atoms with E-state index in [9.17, 15) is 0 Å². The first-order valence-electron chi connectivity index (χ1n) is 6.88. The summed E-state index contributed by atoms with van der Waals surface area (Å²) in [5.74, 6) is 0. The molecule has 0 aromatic heterocycles. The van der Waals surface area contributed by atoms with Gasteiger partial charge in [-0.15, -0.1) is 0 Å². The molecule has 0 amide bonds. The van der Waals surface area contributed by atoms with Gasteiger partial charge in [0.05, 0.1) is 0 Å². The van der Waals surface area contributed by atoms with E-state index in [1.54, 1.807) is 0 Å². The van der Waals surface area contributed by atoms with Crippen molar-refractivity contribution in [2.45, 2.75) is 19.9 Å². The van der Waals surface area contributed by atoms with Gasteiger partial charge in [0.2, 0.25) is 0 Å². The fraction of sp³-hybridized carbons (Fsp3) is 0.294. The maximum absolute atomic E-state index is 3.53. The van der Waals surface area contributed by atoms with E-state index in [1.165, 1.54) is 16.8 Å². The summed E-state index contributed by atoms with van der Waals surface area (Å²) < 4.78 is 0.